The number of benzene rings is 1. The number of hydrogen-bond donors (Lipinski definition) is 0. The number of carbonyl (C=O) groups is 1. The molecular formula is C11H14N2O4. The quantitative estimate of drug-likeness (QED) is 0.593. The Labute approximate surface area is 98.9 Å². The van der Waals surface area contributed by atoms with Crippen molar-refractivity contribution in [1.29, 1.82) is 0 Å². The van der Waals surface area contributed by atoms with E-state index in [0.29, 0.717) is 12.4 Å². The van der Waals surface area contributed by atoms with Gasteiger partial charge in [0.1, 0.15) is 11.4 Å². The topological polar surface area (TPSA) is 72.7 Å². The van der Waals surface area contributed by atoms with E-state index in [-0.39, 0.29) is 17.3 Å². The molecule has 1 aromatic rings. The Morgan fingerprint density at radius 1 is 1.53 bits per heavy atom. The van der Waals surface area contributed by atoms with E-state index in [9.17, 15) is 14.9 Å². The van der Waals surface area contributed by atoms with Crippen LogP contribution in [0.2, 0.25) is 0 Å². The van der Waals surface area contributed by atoms with E-state index < -0.39 is 4.92 Å². The van der Waals surface area contributed by atoms with E-state index in [1.54, 1.807) is 13.0 Å². The van der Waals surface area contributed by atoms with Gasteiger partial charge in [0.05, 0.1) is 17.6 Å². The van der Waals surface area contributed by atoms with Crippen molar-refractivity contribution in [1.82, 2.24) is 0 Å². The van der Waals surface area contributed by atoms with Crippen LogP contribution in [0.3, 0.4) is 0 Å². The highest BCUT2D eigenvalue weighted by molar-refractivity contribution is 5.93. The summed E-state index contributed by atoms with van der Waals surface area (Å²) in [6.45, 7) is 3.57. The first-order valence-electron chi connectivity index (χ1n) is 5.13. The molecule has 0 spiro atoms. The van der Waals surface area contributed by atoms with Gasteiger partial charge in [0, 0.05) is 14.0 Å². The first kappa shape index (κ1) is 13.0. The predicted octanol–water partition coefficient (Wildman–Crippen LogP) is 1.98. The minimum absolute atomic E-state index is 0.145. The van der Waals surface area contributed by atoms with Crippen LogP contribution in [0.1, 0.15) is 13.8 Å². The molecule has 1 rings (SSSR count). The maximum absolute atomic E-state index is 11.2. The lowest BCUT2D eigenvalue weighted by molar-refractivity contribution is -0.384. The molecule has 0 saturated carbocycles. The molecule has 1 amide bonds. The number of nitrogens with zero attached hydrogens (tertiary/aromatic N) is 2. The number of anilines is 1. The number of nitro groups is 1. The van der Waals surface area contributed by atoms with Crippen LogP contribution in [0.25, 0.3) is 0 Å². The predicted molar refractivity (Wildman–Crippen MR) is 63.3 cm³/mol. The first-order valence-corrected chi connectivity index (χ1v) is 5.13. The van der Waals surface area contributed by atoms with E-state index in [0.717, 1.165) is 0 Å². The van der Waals surface area contributed by atoms with Crippen LogP contribution in [0, 0.1) is 10.1 Å². The zero-order chi connectivity index (χ0) is 13.0. The van der Waals surface area contributed by atoms with Crippen molar-refractivity contribution in [3.63, 3.8) is 0 Å². The highest BCUT2D eigenvalue weighted by atomic mass is 16.6. The zero-order valence-electron chi connectivity index (χ0n) is 9.97. The molecule has 0 heterocycles. The van der Waals surface area contributed by atoms with Gasteiger partial charge in [0.2, 0.25) is 5.91 Å². The second-order valence-electron chi connectivity index (χ2n) is 3.42. The minimum atomic E-state index is -0.530. The lowest BCUT2D eigenvalue weighted by Crippen LogP contribution is -2.23. The van der Waals surface area contributed by atoms with Crippen molar-refractivity contribution < 1.29 is 14.5 Å². The SMILES string of the molecule is CCOc1ccc(N(C)C(C)=O)c([N+](=O)[O-])c1. The fourth-order valence-electron chi connectivity index (χ4n) is 1.36. The molecule has 0 unspecified atom stereocenters. The monoisotopic (exact) mass is 238 g/mol. The number of nitro benzene ring substituents is 1. The van der Waals surface area contributed by atoms with Crippen molar-refractivity contribution in [3.8, 4) is 5.75 Å². The molecule has 6 heteroatoms. The van der Waals surface area contributed by atoms with E-state index in [4.69, 9.17) is 4.74 Å². The largest absolute Gasteiger partial charge is 0.494 e. The molecule has 0 aliphatic carbocycles. The third-order valence-electron chi connectivity index (χ3n) is 2.29. The summed E-state index contributed by atoms with van der Waals surface area (Å²) >= 11 is 0. The second-order valence-corrected chi connectivity index (χ2v) is 3.42. The lowest BCUT2D eigenvalue weighted by Gasteiger charge is -2.15. The van der Waals surface area contributed by atoms with E-state index in [2.05, 4.69) is 0 Å². The molecule has 92 valence electrons. The summed E-state index contributed by atoms with van der Waals surface area (Å²) in [4.78, 5) is 22.8. The Balaban J connectivity index is 3.22. The van der Waals surface area contributed by atoms with Gasteiger partial charge in [-0.2, -0.15) is 0 Å². The number of carbonyl (C=O) groups excluding carboxylic acids is 1. The van der Waals surface area contributed by atoms with Crippen LogP contribution in [0.4, 0.5) is 11.4 Å². The fraction of sp³-hybridized carbons (Fsp3) is 0.364. The Morgan fingerprint density at radius 2 is 2.18 bits per heavy atom. The molecular weight excluding hydrogens is 224 g/mol. The van der Waals surface area contributed by atoms with E-state index in [1.165, 1.54) is 31.0 Å². The average molecular weight is 238 g/mol. The average Bonchev–Trinajstić information content (AvgIpc) is 2.28. The van der Waals surface area contributed by atoms with Crippen molar-refractivity contribution in [3.05, 3.63) is 28.3 Å². The highest BCUT2D eigenvalue weighted by Gasteiger charge is 2.20. The maximum atomic E-state index is 11.2. The molecule has 17 heavy (non-hydrogen) atoms. The normalized spacial score (nSPS) is 9.82. The summed E-state index contributed by atoms with van der Waals surface area (Å²) in [6.07, 6.45) is 0. The molecule has 6 nitrogen and oxygen atoms in total. The van der Waals surface area contributed by atoms with Crippen molar-refractivity contribution in [2.45, 2.75) is 13.8 Å². The summed E-state index contributed by atoms with van der Waals surface area (Å²) in [6, 6.07) is 4.42. The third-order valence-corrected chi connectivity index (χ3v) is 2.29. The van der Waals surface area contributed by atoms with Crippen LogP contribution < -0.4 is 9.64 Å². The standard InChI is InChI=1S/C11H14N2O4/c1-4-17-9-5-6-10(12(3)8(2)14)11(7-9)13(15)16/h5-7H,4H2,1-3H3. The number of ether oxygens (including phenoxy) is 1. The highest BCUT2D eigenvalue weighted by Crippen LogP contribution is 2.31. The van der Waals surface area contributed by atoms with Gasteiger partial charge in [0.25, 0.3) is 5.69 Å². The van der Waals surface area contributed by atoms with Crippen LogP contribution in [0.5, 0.6) is 5.75 Å². The van der Waals surface area contributed by atoms with Gasteiger partial charge < -0.3 is 9.64 Å². The van der Waals surface area contributed by atoms with Crippen molar-refractivity contribution in [2.24, 2.45) is 0 Å². The molecule has 0 aliphatic rings. The molecule has 0 bridgehead atoms. The molecule has 1 aromatic carbocycles. The third kappa shape index (κ3) is 2.93. The van der Waals surface area contributed by atoms with Gasteiger partial charge in [0.15, 0.2) is 0 Å². The molecule has 0 aromatic heterocycles. The van der Waals surface area contributed by atoms with E-state index in [1.807, 2.05) is 0 Å². The summed E-state index contributed by atoms with van der Waals surface area (Å²) in [7, 11) is 1.49. The zero-order valence-corrected chi connectivity index (χ0v) is 9.97. The first-order chi connectivity index (χ1) is 7.97. The molecule has 0 fully saturated rings. The summed E-state index contributed by atoms with van der Waals surface area (Å²) in [5.74, 6) is 0.150. The Morgan fingerprint density at radius 3 is 2.65 bits per heavy atom. The van der Waals surface area contributed by atoms with Crippen LogP contribution in [-0.2, 0) is 4.79 Å². The van der Waals surface area contributed by atoms with Crippen molar-refractivity contribution in [2.75, 3.05) is 18.6 Å². The summed E-state index contributed by atoms with van der Waals surface area (Å²) in [5.41, 5.74) is 0.111. The van der Waals surface area contributed by atoms with Gasteiger partial charge in [-0.15, -0.1) is 0 Å². The summed E-state index contributed by atoms with van der Waals surface area (Å²) in [5, 5.41) is 10.9. The smallest absolute Gasteiger partial charge is 0.296 e. The van der Waals surface area contributed by atoms with Gasteiger partial charge in [-0.25, -0.2) is 0 Å². The Hall–Kier alpha value is -2.11. The van der Waals surface area contributed by atoms with Crippen LogP contribution in [0.15, 0.2) is 18.2 Å². The second kappa shape index (κ2) is 5.29. The van der Waals surface area contributed by atoms with Crippen molar-refractivity contribution >= 4 is 17.3 Å². The molecule has 0 radical (unpaired) electrons. The van der Waals surface area contributed by atoms with E-state index >= 15 is 0 Å². The van der Waals surface area contributed by atoms with Gasteiger partial charge >= 0.3 is 0 Å². The minimum Gasteiger partial charge on any atom is -0.494 e. The maximum Gasteiger partial charge on any atom is 0.296 e. The fourth-order valence-corrected chi connectivity index (χ4v) is 1.36. The Kier molecular flexibility index (Phi) is 4.03. The lowest BCUT2D eigenvalue weighted by atomic mass is 10.2. The number of rotatable bonds is 4. The number of amides is 1. The van der Waals surface area contributed by atoms with Crippen LogP contribution >= 0.6 is 0 Å². The molecule has 0 N–H and O–H groups in total. The Bertz CT molecular complexity index is 445. The van der Waals surface area contributed by atoms with Gasteiger partial charge in [-0.05, 0) is 19.1 Å². The van der Waals surface area contributed by atoms with Gasteiger partial charge in [-0.3, -0.25) is 14.9 Å². The van der Waals surface area contributed by atoms with Crippen LogP contribution in [-0.4, -0.2) is 24.5 Å². The van der Waals surface area contributed by atoms with Gasteiger partial charge in [-0.1, -0.05) is 0 Å². The number of hydrogen-bond acceptors (Lipinski definition) is 4. The molecule has 0 atom stereocenters. The molecule has 0 aliphatic heterocycles. The summed E-state index contributed by atoms with van der Waals surface area (Å²) < 4.78 is 5.18. The molecule has 0 saturated heterocycles.